The van der Waals surface area contributed by atoms with Gasteiger partial charge < -0.3 is 9.80 Å². The van der Waals surface area contributed by atoms with Gasteiger partial charge in [-0.15, -0.1) is 0 Å². The molecule has 2 aromatic carbocycles. The third-order valence-electron chi connectivity index (χ3n) is 10.7. The minimum atomic E-state index is -4.96. The normalized spacial score (nSPS) is 23.0. The molecule has 0 unspecified atom stereocenters. The maximum absolute atomic E-state index is 13.7. The van der Waals surface area contributed by atoms with Gasteiger partial charge in [0, 0.05) is 50.7 Å². The highest BCUT2D eigenvalue weighted by molar-refractivity contribution is 5.79. The van der Waals surface area contributed by atoms with Crippen LogP contribution < -0.4 is 0 Å². The van der Waals surface area contributed by atoms with E-state index >= 15 is 0 Å². The van der Waals surface area contributed by atoms with Gasteiger partial charge >= 0.3 is 12.4 Å². The predicted octanol–water partition coefficient (Wildman–Crippen LogP) is 8.17. The molecule has 1 atom stereocenters. The largest absolute Gasteiger partial charge is 0.416 e. The molecule has 2 aromatic rings. The fourth-order valence-corrected chi connectivity index (χ4v) is 7.74. The molecule has 2 saturated heterocycles. The molecule has 0 radical (unpaired) electrons. The number of halogens is 6. The second-order valence-electron chi connectivity index (χ2n) is 13.9. The minimum Gasteiger partial charge on any atom is -0.342 e. The summed E-state index contributed by atoms with van der Waals surface area (Å²) >= 11 is 0. The highest BCUT2D eigenvalue weighted by Gasteiger charge is 2.40. The van der Waals surface area contributed by atoms with E-state index in [-0.39, 0.29) is 17.0 Å². The van der Waals surface area contributed by atoms with E-state index in [1.54, 1.807) is 4.90 Å². The van der Waals surface area contributed by atoms with Crippen molar-refractivity contribution in [1.29, 1.82) is 0 Å². The third-order valence-corrected chi connectivity index (χ3v) is 10.7. The van der Waals surface area contributed by atoms with Crippen LogP contribution in [-0.4, -0.2) is 72.5 Å². The fraction of sp³-hybridized carbons (Fsp3) is 0.639. The van der Waals surface area contributed by atoms with Crippen LogP contribution in [0.1, 0.15) is 91.2 Å². The fourth-order valence-electron chi connectivity index (χ4n) is 7.74. The summed E-state index contributed by atoms with van der Waals surface area (Å²) in [5.74, 6) is -0.441. The van der Waals surface area contributed by atoms with Gasteiger partial charge in [0.1, 0.15) is 0 Å². The van der Waals surface area contributed by atoms with Crippen LogP contribution in [0.5, 0.6) is 0 Å². The number of benzene rings is 2. The van der Waals surface area contributed by atoms with Crippen LogP contribution in [0.3, 0.4) is 0 Å². The number of rotatable bonds is 7. The van der Waals surface area contributed by atoms with E-state index in [0.29, 0.717) is 31.3 Å². The van der Waals surface area contributed by atoms with Crippen molar-refractivity contribution < 1.29 is 31.1 Å². The zero-order valence-electron chi connectivity index (χ0n) is 27.1. The molecule has 0 N–H and O–H groups in total. The van der Waals surface area contributed by atoms with Gasteiger partial charge in [-0.1, -0.05) is 43.9 Å². The number of aryl methyl sites for hydroxylation is 2. The number of carbonyl (C=O) groups excluding carboxylic acids is 1. The predicted molar refractivity (Wildman–Crippen MR) is 168 cm³/mol. The standard InChI is InChI=1S/C36H47F6N3O/c1-26-10-11-29(20-27(26)2)34(13-15-43-16-18-44(19-17-43)32-8-4-3-5-9-32)12-6-7-14-45(25-34)33(46)23-28-21-30(35(37,38)39)24-31(22-28)36(40,41)42/h10-11,20-22,24,32H,3-9,12-19,23,25H2,1-2H3/t34-/m1/s1. The molecule has 2 heterocycles. The van der Waals surface area contributed by atoms with E-state index in [4.69, 9.17) is 0 Å². The third kappa shape index (κ3) is 8.46. The van der Waals surface area contributed by atoms with Crippen LogP contribution in [0.15, 0.2) is 36.4 Å². The Labute approximate surface area is 269 Å². The van der Waals surface area contributed by atoms with Gasteiger partial charge in [0.15, 0.2) is 0 Å². The smallest absolute Gasteiger partial charge is 0.342 e. The maximum atomic E-state index is 13.7. The van der Waals surface area contributed by atoms with Crippen molar-refractivity contribution in [1.82, 2.24) is 14.7 Å². The Balaban J connectivity index is 1.35. The lowest BCUT2D eigenvalue weighted by molar-refractivity contribution is -0.143. The summed E-state index contributed by atoms with van der Waals surface area (Å²) in [6, 6.07) is 8.60. The molecule has 3 aliphatic rings. The van der Waals surface area contributed by atoms with Crippen LogP contribution in [0.2, 0.25) is 0 Å². The topological polar surface area (TPSA) is 26.8 Å². The highest BCUT2D eigenvalue weighted by Crippen LogP contribution is 2.40. The average molecular weight is 652 g/mol. The number of carbonyl (C=O) groups is 1. The summed E-state index contributed by atoms with van der Waals surface area (Å²) < 4.78 is 81.1. The molecule has 10 heteroatoms. The number of hydrogen-bond donors (Lipinski definition) is 0. The van der Waals surface area contributed by atoms with Crippen molar-refractivity contribution in [3.8, 4) is 0 Å². The van der Waals surface area contributed by atoms with Gasteiger partial charge in [-0.05, 0) is 92.9 Å². The first-order valence-electron chi connectivity index (χ1n) is 16.8. The molecule has 254 valence electrons. The molecule has 1 amide bonds. The summed E-state index contributed by atoms with van der Waals surface area (Å²) in [6.45, 7) is 9.94. The second-order valence-corrected chi connectivity index (χ2v) is 13.9. The van der Waals surface area contributed by atoms with Gasteiger partial charge in [-0.25, -0.2) is 0 Å². The van der Waals surface area contributed by atoms with E-state index in [1.165, 1.54) is 37.7 Å². The molecular weight excluding hydrogens is 604 g/mol. The number of nitrogens with zero attached hydrogens (tertiary/aromatic N) is 3. The molecule has 1 aliphatic carbocycles. The second kappa shape index (κ2) is 14.3. The molecule has 0 aromatic heterocycles. The van der Waals surface area contributed by atoms with E-state index < -0.39 is 35.8 Å². The van der Waals surface area contributed by atoms with Crippen LogP contribution >= 0.6 is 0 Å². The molecule has 0 spiro atoms. The van der Waals surface area contributed by atoms with Crippen molar-refractivity contribution in [2.45, 2.75) is 102 Å². The molecule has 46 heavy (non-hydrogen) atoms. The molecule has 0 bridgehead atoms. The minimum absolute atomic E-state index is 0.111. The molecule has 4 nitrogen and oxygen atoms in total. The molecular formula is C36H47F6N3O. The Morgan fingerprint density at radius 2 is 1.43 bits per heavy atom. The van der Waals surface area contributed by atoms with Crippen molar-refractivity contribution in [2.75, 3.05) is 45.8 Å². The van der Waals surface area contributed by atoms with E-state index in [1.807, 2.05) is 0 Å². The summed E-state index contributed by atoms with van der Waals surface area (Å²) in [6.07, 6.45) is -0.578. The monoisotopic (exact) mass is 651 g/mol. The lowest BCUT2D eigenvalue weighted by Crippen LogP contribution is -2.52. The van der Waals surface area contributed by atoms with Gasteiger partial charge in [0.05, 0.1) is 17.5 Å². The van der Waals surface area contributed by atoms with Crippen LogP contribution in [0, 0.1) is 13.8 Å². The van der Waals surface area contributed by atoms with Gasteiger partial charge in [-0.2, -0.15) is 26.3 Å². The Bertz CT molecular complexity index is 1310. The van der Waals surface area contributed by atoms with Gasteiger partial charge in [-0.3, -0.25) is 9.69 Å². The summed E-state index contributed by atoms with van der Waals surface area (Å²) in [4.78, 5) is 20.6. The van der Waals surface area contributed by atoms with E-state index in [0.717, 1.165) is 69.5 Å². The van der Waals surface area contributed by atoms with Crippen molar-refractivity contribution in [3.05, 3.63) is 69.8 Å². The Hall–Kier alpha value is -2.59. The molecule has 5 rings (SSSR count). The molecule has 2 aliphatic heterocycles. The SMILES string of the molecule is Cc1ccc([C@@]2(CCN3CCN(C4CCCCC4)CC3)CCCCN(C(=O)Cc3cc(C(F)(F)F)cc(C(F)(F)F)c3)C2)cc1C. The quantitative estimate of drug-likeness (QED) is 0.283. The van der Waals surface area contributed by atoms with Crippen LogP contribution in [-0.2, 0) is 29.0 Å². The first-order chi connectivity index (χ1) is 21.7. The van der Waals surface area contributed by atoms with E-state index in [2.05, 4.69) is 41.8 Å². The summed E-state index contributed by atoms with van der Waals surface area (Å²) in [7, 11) is 0. The summed E-state index contributed by atoms with van der Waals surface area (Å²) in [5, 5.41) is 0. The Morgan fingerprint density at radius 1 is 0.783 bits per heavy atom. The zero-order valence-corrected chi connectivity index (χ0v) is 27.1. The maximum Gasteiger partial charge on any atom is 0.416 e. The van der Waals surface area contributed by atoms with E-state index in [9.17, 15) is 31.1 Å². The number of hydrogen-bond acceptors (Lipinski definition) is 3. The first kappa shape index (κ1) is 34.7. The number of likely N-dealkylation sites (tertiary alicyclic amines) is 1. The molecule has 3 fully saturated rings. The lowest BCUT2D eigenvalue weighted by atomic mass is 9.73. The highest BCUT2D eigenvalue weighted by atomic mass is 19.4. The Morgan fingerprint density at radius 3 is 2.04 bits per heavy atom. The van der Waals surface area contributed by atoms with Crippen LogP contribution in [0.4, 0.5) is 26.3 Å². The van der Waals surface area contributed by atoms with Gasteiger partial charge in [0.25, 0.3) is 0 Å². The van der Waals surface area contributed by atoms with Crippen LogP contribution in [0.25, 0.3) is 0 Å². The van der Waals surface area contributed by atoms with Crippen molar-refractivity contribution in [3.63, 3.8) is 0 Å². The van der Waals surface area contributed by atoms with Crippen molar-refractivity contribution >= 4 is 5.91 Å². The van der Waals surface area contributed by atoms with Crippen molar-refractivity contribution in [2.24, 2.45) is 0 Å². The average Bonchev–Trinajstić information content (AvgIpc) is 3.25. The number of amides is 1. The summed E-state index contributed by atoms with van der Waals surface area (Å²) in [5.41, 5.74) is 0.0468. The lowest BCUT2D eigenvalue weighted by Gasteiger charge is -2.43. The first-order valence-corrected chi connectivity index (χ1v) is 16.8. The van der Waals surface area contributed by atoms with Gasteiger partial charge in [0.2, 0.25) is 5.91 Å². The zero-order chi connectivity index (χ0) is 33.1. The Kier molecular flexibility index (Phi) is 10.8. The molecule has 1 saturated carbocycles. The number of piperazine rings is 1. The number of alkyl halides is 6.